The Balaban J connectivity index is 2.74. The number of hydrogen-bond donors (Lipinski definition) is 2. The Morgan fingerprint density at radius 3 is 2.29 bits per heavy atom. The molecule has 1 aromatic carbocycles. The molecule has 0 fully saturated rings. The van der Waals surface area contributed by atoms with Crippen LogP contribution in [0.3, 0.4) is 0 Å². The second-order valence-electron chi connectivity index (χ2n) is 5.04. The van der Waals surface area contributed by atoms with Gasteiger partial charge in [0.05, 0.1) is 0 Å². The number of aliphatic hydroxyl groups excluding tert-OH is 1. The Kier molecular flexibility index (Phi) is 4.07. The number of aliphatic hydroxyl groups is 1. The molecular weight excluding hydrogens is 214 g/mol. The average Bonchev–Trinajstić information content (AvgIpc) is 2.26. The summed E-state index contributed by atoms with van der Waals surface area (Å²) in [5, 5.41) is 12.8. The maximum atomic E-state index is 11.8. The second kappa shape index (κ2) is 5.15. The van der Waals surface area contributed by atoms with E-state index in [1.165, 1.54) is 0 Å². The quantitative estimate of drug-likeness (QED) is 0.786. The van der Waals surface area contributed by atoms with E-state index in [4.69, 9.17) is 0 Å². The van der Waals surface area contributed by atoms with Gasteiger partial charge in [-0.25, -0.2) is 0 Å². The molecule has 1 aromatic rings. The molecule has 0 aliphatic rings. The van der Waals surface area contributed by atoms with Crippen molar-refractivity contribution in [3.63, 3.8) is 0 Å². The molecule has 3 nitrogen and oxygen atoms in total. The van der Waals surface area contributed by atoms with E-state index in [-0.39, 0.29) is 17.0 Å². The van der Waals surface area contributed by atoms with Gasteiger partial charge in [-0.3, -0.25) is 4.79 Å². The SMILES string of the molecule is C=C(C(=O)NC(C)(C)C)[C@H](O)c1ccccc1. The van der Waals surface area contributed by atoms with Crippen LogP contribution in [0.5, 0.6) is 0 Å². The Bertz CT molecular complexity index is 404. The highest BCUT2D eigenvalue weighted by atomic mass is 16.3. The maximum absolute atomic E-state index is 11.8. The lowest BCUT2D eigenvalue weighted by molar-refractivity contribution is -0.119. The fraction of sp³-hybridized carbons (Fsp3) is 0.357. The minimum absolute atomic E-state index is 0.158. The summed E-state index contributed by atoms with van der Waals surface area (Å²) in [5.74, 6) is -0.325. The van der Waals surface area contributed by atoms with Crippen molar-refractivity contribution < 1.29 is 9.90 Å². The fourth-order valence-corrected chi connectivity index (χ4v) is 1.38. The molecule has 0 aromatic heterocycles. The van der Waals surface area contributed by atoms with Gasteiger partial charge in [0.1, 0.15) is 6.10 Å². The lowest BCUT2D eigenvalue weighted by atomic mass is 10.0. The Morgan fingerprint density at radius 2 is 1.82 bits per heavy atom. The topological polar surface area (TPSA) is 49.3 Å². The van der Waals surface area contributed by atoms with Crippen molar-refractivity contribution in [3.05, 3.63) is 48.0 Å². The van der Waals surface area contributed by atoms with Crippen molar-refractivity contribution >= 4 is 5.91 Å². The molecule has 0 aliphatic carbocycles. The van der Waals surface area contributed by atoms with Crippen LogP contribution in [0.25, 0.3) is 0 Å². The third-order valence-electron chi connectivity index (χ3n) is 2.23. The Morgan fingerprint density at radius 1 is 1.29 bits per heavy atom. The van der Waals surface area contributed by atoms with Crippen LogP contribution in [0.15, 0.2) is 42.5 Å². The van der Waals surface area contributed by atoms with Crippen molar-refractivity contribution in [2.24, 2.45) is 0 Å². The third-order valence-corrected chi connectivity index (χ3v) is 2.23. The van der Waals surface area contributed by atoms with Crippen LogP contribution in [0.2, 0.25) is 0 Å². The van der Waals surface area contributed by atoms with Gasteiger partial charge in [-0.2, -0.15) is 0 Å². The maximum Gasteiger partial charge on any atom is 0.249 e. The summed E-state index contributed by atoms with van der Waals surface area (Å²) in [7, 11) is 0. The summed E-state index contributed by atoms with van der Waals surface area (Å²) in [6.07, 6.45) is -0.960. The normalized spacial score (nSPS) is 12.9. The first-order chi connectivity index (χ1) is 7.81. The minimum atomic E-state index is -0.960. The first kappa shape index (κ1) is 13.5. The number of amides is 1. The summed E-state index contributed by atoms with van der Waals surface area (Å²) in [6, 6.07) is 9.01. The lowest BCUT2D eigenvalue weighted by Crippen LogP contribution is -2.42. The van der Waals surface area contributed by atoms with E-state index in [2.05, 4.69) is 11.9 Å². The zero-order chi connectivity index (χ0) is 13.1. The fourth-order valence-electron chi connectivity index (χ4n) is 1.38. The van der Waals surface area contributed by atoms with E-state index >= 15 is 0 Å². The largest absolute Gasteiger partial charge is 0.383 e. The van der Waals surface area contributed by atoms with Crippen LogP contribution in [-0.4, -0.2) is 16.6 Å². The first-order valence-electron chi connectivity index (χ1n) is 5.55. The van der Waals surface area contributed by atoms with Gasteiger partial charge in [0.2, 0.25) is 5.91 Å². The predicted octanol–water partition coefficient (Wildman–Crippen LogP) is 2.19. The zero-order valence-corrected chi connectivity index (χ0v) is 10.5. The molecule has 0 unspecified atom stereocenters. The van der Waals surface area contributed by atoms with Gasteiger partial charge in [-0.1, -0.05) is 36.9 Å². The predicted molar refractivity (Wildman–Crippen MR) is 68.4 cm³/mol. The number of carbonyl (C=O) groups excluding carboxylic acids is 1. The molecule has 1 amide bonds. The van der Waals surface area contributed by atoms with Crippen molar-refractivity contribution in [1.29, 1.82) is 0 Å². The summed E-state index contributed by atoms with van der Waals surface area (Å²) in [4.78, 5) is 11.8. The highest BCUT2D eigenvalue weighted by Gasteiger charge is 2.21. The molecule has 0 spiro atoms. The van der Waals surface area contributed by atoms with Gasteiger partial charge in [-0.05, 0) is 26.3 Å². The molecule has 0 heterocycles. The first-order valence-corrected chi connectivity index (χ1v) is 5.55. The number of nitrogens with one attached hydrogen (secondary N) is 1. The molecule has 92 valence electrons. The number of carbonyl (C=O) groups is 1. The lowest BCUT2D eigenvalue weighted by Gasteiger charge is -2.23. The van der Waals surface area contributed by atoms with Crippen LogP contribution in [0, 0.1) is 0 Å². The highest BCUT2D eigenvalue weighted by Crippen LogP contribution is 2.20. The molecule has 2 N–H and O–H groups in total. The van der Waals surface area contributed by atoms with E-state index in [9.17, 15) is 9.90 Å². The standard InChI is InChI=1S/C14H19NO2/c1-10(13(17)15-14(2,3)4)12(16)11-8-6-5-7-9-11/h5-9,12,16H,1H2,2-4H3,(H,15,17)/t12-/m0/s1. The van der Waals surface area contributed by atoms with Gasteiger partial charge in [0, 0.05) is 11.1 Å². The van der Waals surface area contributed by atoms with Crippen LogP contribution in [0.4, 0.5) is 0 Å². The Hall–Kier alpha value is -1.61. The van der Waals surface area contributed by atoms with Gasteiger partial charge in [0.15, 0.2) is 0 Å². The molecule has 1 rings (SSSR count). The van der Waals surface area contributed by atoms with Crippen LogP contribution < -0.4 is 5.32 Å². The molecule has 3 heteroatoms. The molecular formula is C14H19NO2. The highest BCUT2D eigenvalue weighted by molar-refractivity contribution is 5.94. The molecule has 1 atom stereocenters. The van der Waals surface area contributed by atoms with Gasteiger partial charge < -0.3 is 10.4 Å². The van der Waals surface area contributed by atoms with E-state index in [1.807, 2.05) is 39.0 Å². The van der Waals surface area contributed by atoms with E-state index < -0.39 is 6.10 Å². The average molecular weight is 233 g/mol. The van der Waals surface area contributed by atoms with Gasteiger partial charge in [-0.15, -0.1) is 0 Å². The zero-order valence-electron chi connectivity index (χ0n) is 10.5. The van der Waals surface area contributed by atoms with Gasteiger partial charge in [0.25, 0.3) is 0 Å². The third kappa shape index (κ3) is 4.04. The number of benzene rings is 1. The molecule has 0 bridgehead atoms. The summed E-state index contributed by atoms with van der Waals surface area (Å²) in [6.45, 7) is 9.30. The monoisotopic (exact) mass is 233 g/mol. The van der Waals surface area contributed by atoms with Crippen molar-refractivity contribution in [2.45, 2.75) is 32.4 Å². The van der Waals surface area contributed by atoms with Crippen LogP contribution in [-0.2, 0) is 4.79 Å². The molecule has 0 radical (unpaired) electrons. The van der Waals surface area contributed by atoms with E-state index in [0.717, 1.165) is 0 Å². The Labute approximate surface area is 102 Å². The number of rotatable bonds is 3. The summed E-state index contributed by atoms with van der Waals surface area (Å²) >= 11 is 0. The van der Waals surface area contributed by atoms with Crippen LogP contribution in [0.1, 0.15) is 32.4 Å². The molecule has 0 saturated carbocycles. The van der Waals surface area contributed by atoms with Gasteiger partial charge >= 0.3 is 0 Å². The summed E-state index contributed by atoms with van der Waals surface area (Å²) in [5.41, 5.74) is 0.490. The summed E-state index contributed by atoms with van der Waals surface area (Å²) < 4.78 is 0. The van der Waals surface area contributed by atoms with Crippen LogP contribution >= 0.6 is 0 Å². The molecule has 0 aliphatic heterocycles. The van der Waals surface area contributed by atoms with Crippen molar-refractivity contribution in [2.75, 3.05) is 0 Å². The second-order valence-corrected chi connectivity index (χ2v) is 5.04. The number of hydrogen-bond acceptors (Lipinski definition) is 2. The van der Waals surface area contributed by atoms with E-state index in [0.29, 0.717) is 5.56 Å². The molecule has 17 heavy (non-hydrogen) atoms. The van der Waals surface area contributed by atoms with Crippen molar-refractivity contribution in [3.8, 4) is 0 Å². The molecule has 0 saturated heterocycles. The van der Waals surface area contributed by atoms with Crippen molar-refractivity contribution in [1.82, 2.24) is 5.32 Å². The van der Waals surface area contributed by atoms with E-state index in [1.54, 1.807) is 12.1 Å². The minimum Gasteiger partial charge on any atom is -0.383 e. The smallest absolute Gasteiger partial charge is 0.249 e.